The third kappa shape index (κ3) is 4.82. The molecule has 4 heteroatoms. The van der Waals surface area contributed by atoms with E-state index >= 15 is 0 Å². The summed E-state index contributed by atoms with van der Waals surface area (Å²) in [6.07, 6.45) is 9.46. The summed E-state index contributed by atoms with van der Waals surface area (Å²) in [7, 11) is 0. The molecule has 2 aliphatic rings. The summed E-state index contributed by atoms with van der Waals surface area (Å²) in [5.74, 6) is 1.01. The Morgan fingerprint density at radius 1 is 1.24 bits per heavy atom. The van der Waals surface area contributed by atoms with Gasteiger partial charge < -0.3 is 5.32 Å². The molecule has 0 atom stereocenters. The summed E-state index contributed by atoms with van der Waals surface area (Å²) in [5.41, 5.74) is 0. The van der Waals surface area contributed by atoms with Crippen LogP contribution in [0.25, 0.3) is 0 Å². The second kappa shape index (κ2) is 7.41. The Bertz CT molecular complexity index is 436. The van der Waals surface area contributed by atoms with E-state index in [-0.39, 0.29) is 5.91 Å². The van der Waals surface area contributed by atoms with E-state index in [0.717, 1.165) is 12.5 Å². The lowest BCUT2D eigenvalue weighted by Gasteiger charge is -2.29. The SMILES string of the molecule is O=C(CN(CC1CCCCC1)C1CC1)NCc1cccs1. The van der Waals surface area contributed by atoms with Crippen LogP contribution in [-0.2, 0) is 11.3 Å². The van der Waals surface area contributed by atoms with Crippen molar-refractivity contribution in [1.82, 2.24) is 10.2 Å². The van der Waals surface area contributed by atoms with Gasteiger partial charge in [-0.15, -0.1) is 11.3 Å². The largest absolute Gasteiger partial charge is 0.350 e. The van der Waals surface area contributed by atoms with Gasteiger partial charge in [-0.3, -0.25) is 9.69 Å². The first-order chi connectivity index (χ1) is 10.3. The Kier molecular flexibility index (Phi) is 5.31. The van der Waals surface area contributed by atoms with E-state index in [9.17, 15) is 4.79 Å². The molecular formula is C17H26N2OS. The van der Waals surface area contributed by atoms with Gasteiger partial charge in [-0.1, -0.05) is 25.3 Å². The fourth-order valence-corrected chi connectivity index (χ4v) is 3.97. The van der Waals surface area contributed by atoms with Crippen LogP contribution >= 0.6 is 11.3 Å². The topological polar surface area (TPSA) is 32.3 Å². The van der Waals surface area contributed by atoms with Crippen LogP contribution < -0.4 is 5.32 Å². The predicted octanol–water partition coefficient (Wildman–Crippen LogP) is 3.41. The molecule has 1 amide bonds. The second-order valence-electron chi connectivity index (χ2n) is 6.52. The lowest BCUT2D eigenvalue weighted by Crippen LogP contribution is -2.40. The second-order valence-corrected chi connectivity index (χ2v) is 7.55. The van der Waals surface area contributed by atoms with Crippen LogP contribution in [-0.4, -0.2) is 29.9 Å². The molecule has 0 unspecified atom stereocenters. The minimum atomic E-state index is 0.186. The number of carbonyl (C=O) groups excluding carboxylic acids is 1. The zero-order valence-electron chi connectivity index (χ0n) is 12.7. The lowest BCUT2D eigenvalue weighted by molar-refractivity contribution is -0.122. The van der Waals surface area contributed by atoms with E-state index in [1.807, 2.05) is 6.07 Å². The van der Waals surface area contributed by atoms with Crippen LogP contribution in [0.5, 0.6) is 0 Å². The van der Waals surface area contributed by atoms with Crippen LogP contribution in [0.1, 0.15) is 49.8 Å². The average Bonchev–Trinajstić information content (AvgIpc) is 3.22. The summed E-state index contributed by atoms with van der Waals surface area (Å²) in [4.78, 5) is 15.8. The van der Waals surface area contributed by atoms with E-state index in [0.29, 0.717) is 19.1 Å². The fraction of sp³-hybridized carbons (Fsp3) is 0.706. The monoisotopic (exact) mass is 306 g/mol. The van der Waals surface area contributed by atoms with Crippen LogP contribution in [0, 0.1) is 5.92 Å². The number of amides is 1. The molecule has 1 aromatic rings. The first-order valence-electron chi connectivity index (χ1n) is 8.34. The minimum Gasteiger partial charge on any atom is -0.350 e. The molecule has 2 saturated carbocycles. The number of rotatable bonds is 7. The molecule has 3 nitrogen and oxygen atoms in total. The molecule has 2 fully saturated rings. The molecule has 1 heterocycles. The molecule has 21 heavy (non-hydrogen) atoms. The number of hydrogen-bond donors (Lipinski definition) is 1. The number of thiophene rings is 1. The molecule has 0 saturated heterocycles. The Balaban J connectivity index is 1.44. The molecular weight excluding hydrogens is 280 g/mol. The quantitative estimate of drug-likeness (QED) is 0.837. The number of carbonyl (C=O) groups is 1. The minimum absolute atomic E-state index is 0.186. The van der Waals surface area contributed by atoms with Crippen molar-refractivity contribution in [2.45, 2.75) is 57.5 Å². The summed E-state index contributed by atoms with van der Waals surface area (Å²) in [6, 6.07) is 4.79. The Labute approximate surface area is 131 Å². The fourth-order valence-electron chi connectivity index (χ4n) is 3.32. The van der Waals surface area contributed by atoms with Gasteiger partial charge in [-0.05, 0) is 43.0 Å². The van der Waals surface area contributed by atoms with Gasteiger partial charge in [0, 0.05) is 17.5 Å². The van der Waals surface area contributed by atoms with Crippen LogP contribution in [0.2, 0.25) is 0 Å². The average molecular weight is 306 g/mol. The van der Waals surface area contributed by atoms with Gasteiger partial charge >= 0.3 is 0 Å². The van der Waals surface area contributed by atoms with Crippen LogP contribution in [0.3, 0.4) is 0 Å². The van der Waals surface area contributed by atoms with Crippen molar-refractivity contribution in [3.8, 4) is 0 Å². The van der Waals surface area contributed by atoms with Crippen LogP contribution in [0.4, 0.5) is 0 Å². The molecule has 0 radical (unpaired) electrons. The predicted molar refractivity (Wildman–Crippen MR) is 87.3 cm³/mol. The molecule has 0 aromatic carbocycles. The maximum atomic E-state index is 12.2. The van der Waals surface area contributed by atoms with E-state index < -0.39 is 0 Å². The zero-order valence-corrected chi connectivity index (χ0v) is 13.5. The van der Waals surface area contributed by atoms with Gasteiger partial charge in [0.05, 0.1) is 13.1 Å². The molecule has 1 aromatic heterocycles. The van der Waals surface area contributed by atoms with E-state index in [4.69, 9.17) is 0 Å². The Hall–Kier alpha value is -0.870. The highest BCUT2D eigenvalue weighted by Crippen LogP contribution is 2.31. The van der Waals surface area contributed by atoms with Crippen molar-refractivity contribution in [3.63, 3.8) is 0 Å². The van der Waals surface area contributed by atoms with Crippen LogP contribution in [0.15, 0.2) is 17.5 Å². The molecule has 0 bridgehead atoms. The summed E-state index contributed by atoms with van der Waals surface area (Å²) in [5, 5.41) is 5.12. The molecule has 0 aliphatic heterocycles. The van der Waals surface area contributed by atoms with E-state index in [2.05, 4.69) is 21.7 Å². The molecule has 0 spiro atoms. The maximum Gasteiger partial charge on any atom is 0.234 e. The summed E-state index contributed by atoms with van der Waals surface area (Å²) < 4.78 is 0. The normalized spacial score (nSPS) is 19.9. The summed E-state index contributed by atoms with van der Waals surface area (Å²) >= 11 is 1.70. The van der Waals surface area contributed by atoms with Gasteiger partial charge in [0.15, 0.2) is 0 Å². The summed E-state index contributed by atoms with van der Waals surface area (Å²) in [6.45, 7) is 2.40. The number of nitrogens with one attached hydrogen (secondary N) is 1. The van der Waals surface area contributed by atoms with Gasteiger partial charge in [-0.25, -0.2) is 0 Å². The molecule has 3 rings (SSSR count). The molecule has 1 N–H and O–H groups in total. The first kappa shape index (κ1) is 15.0. The van der Waals surface area contributed by atoms with Gasteiger partial charge in [0.2, 0.25) is 5.91 Å². The van der Waals surface area contributed by atoms with Crippen molar-refractivity contribution in [1.29, 1.82) is 0 Å². The highest BCUT2D eigenvalue weighted by Gasteiger charge is 2.32. The van der Waals surface area contributed by atoms with Gasteiger partial charge in [-0.2, -0.15) is 0 Å². The molecule has 2 aliphatic carbocycles. The lowest BCUT2D eigenvalue weighted by atomic mass is 9.89. The number of nitrogens with zero attached hydrogens (tertiary/aromatic N) is 1. The standard InChI is InChI=1S/C17H26N2OS/c20-17(18-11-16-7-4-10-21-16)13-19(15-8-9-15)12-14-5-2-1-3-6-14/h4,7,10,14-15H,1-3,5-6,8-9,11-13H2,(H,18,20). The highest BCUT2D eigenvalue weighted by molar-refractivity contribution is 7.09. The van der Waals surface area contributed by atoms with Crippen molar-refractivity contribution in [2.24, 2.45) is 5.92 Å². The zero-order chi connectivity index (χ0) is 14.5. The van der Waals surface area contributed by atoms with Crippen molar-refractivity contribution < 1.29 is 4.79 Å². The third-order valence-electron chi connectivity index (χ3n) is 4.67. The van der Waals surface area contributed by atoms with Crippen molar-refractivity contribution in [2.75, 3.05) is 13.1 Å². The van der Waals surface area contributed by atoms with Gasteiger partial charge in [0.25, 0.3) is 0 Å². The van der Waals surface area contributed by atoms with Crippen molar-refractivity contribution in [3.05, 3.63) is 22.4 Å². The first-order valence-corrected chi connectivity index (χ1v) is 9.22. The molecule has 116 valence electrons. The van der Waals surface area contributed by atoms with Crippen molar-refractivity contribution >= 4 is 17.2 Å². The maximum absolute atomic E-state index is 12.2. The van der Waals surface area contributed by atoms with Gasteiger partial charge in [0.1, 0.15) is 0 Å². The van der Waals surface area contributed by atoms with E-state index in [1.165, 1.54) is 49.8 Å². The smallest absolute Gasteiger partial charge is 0.234 e. The Morgan fingerprint density at radius 2 is 2.05 bits per heavy atom. The van der Waals surface area contributed by atoms with E-state index in [1.54, 1.807) is 11.3 Å². The Morgan fingerprint density at radius 3 is 2.71 bits per heavy atom. The third-order valence-corrected chi connectivity index (χ3v) is 5.54. The number of hydrogen-bond acceptors (Lipinski definition) is 3. The highest BCUT2D eigenvalue weighted by atomic mass is 32.1.